The van der Waals surface area contributed by atoms with E-state index in [1.165, 1.54) is 0 Å². The van der Waals surface area contributed by atoms with Gasteiger partial charge < -0.3 is 5.73 Å². The zero-order valence-corrected chi connectivity index (χ0v) is 6.89. The van der Waals surface area contributed by atoms with Crippen molar-refractivity contribution >= 4 is 11.6 Å². The first-order valence-electron chi connectivity index (χ1n) is 3.73. The number of hydrogen-bond acceptors (Lipinski definition) is 3. The summed E-state index contributed by atoms with van der Waals surface area (Å²) in [4.78, 5) is 22.1. The molecule has 0 spiro atoms. The van der Waals surface area contributed by atoms with Gasteiger partial charge in [0.25, 0.3) is 0 Å². The Hall–Kier alpha value is -0.700. The second-order valence-corrected chi connectivity index (χ2v) is 3.93. The highest BCUT2D eigenvalue weighted by molar-refractivity contribution is 6.08. The number of hydrogen-bond donors (Lipinski definition) is 1. The van der Waals surface area contributed by atoms with Crippen molar-refractivity contribution in [2.24, 2.45) is 11.1 Å². The number of carbonyl (C=O) groups is 2. The molecule has 62 valence electrons. The predicted octanol–water partition coefficient (Wildman–Crippen LogP) is 0.272. The standard InChI is InChI=1S/C8H13NO2/c1-8(2)3-5(10)7(9)6(11)4-8/h7H,3-4,9H2,1-2H3. The van der Waals surface area contributed by atoms with E-state index < -0.39 is 6.04 Å². The van der Waals surface area contributed by atoms with Crippen molar-refractivity contribution in [2.45, 2.75) is 32.7 Å². The van der Waals surface area contributed by atoms with Crippen molar-refractivity contribution < 1.29 is 9.59 Å². The maximum Gasteiger partial charge on any atom is 0.157 e. The molecule has 0 atom stereocenters. The molecule has 0 radical (unpaired) electrons. The van der Waals surface area contributed by atoms with Crippen molar-refractivity contribution in [3.05, 3.63) is 0 Å². The van der Waals surface area contributed by atoms with Crippen LogP contribution in [0.4, 0.5) is 0 Å². The van der Waals surface area contributed by atoms with E-state index in [0.717, 1.165) is 0 Å². The third-order valence-corrected chi connectivity index (χ3v) is 2.00. The van der Waals surface area contributed by atoms with Crippen LogP contribution in [0.1, 0.15) is 26.7 Å². The SMILES string of the molecule is CC1(C)CC(=O)C(N)C(=O)C1. The molecule has 11 heavy (non-hydrogen) atoms. The average molecular weight is 155 g/mol. The number of carbonyl (C=O) groups excluding carboxylic acids is 2. The molecule has 1 aliphatic carbocycles. The Labute approximate surface area is 66.0 Å². The molecule has 0 saturated heterocycles. The first kappa shape index (κ1) is 8.40. The third kappa shape index (κ3) is 1.66. The Morgan fingerprint density at radius 2 is 1.64 bits per heavy atom. The minimum Gasteiger partial charge on any atom is -0.315 e. The fourth-order valence-corrected chi connectivity index (χ4v) is 1.41. The predicted molar refractivity (Wildman–Crippen MR) is 41.0 cm³/mol. The Morgan fingerprint density at radius 3 is 2.00 bits per heavy atom. The first-order chi connectivity index (χ1) is 4.92. The van der Waals surface area contributed by atoms with Gasteiger partial charge in [0.15, 0.2) is 11.6 Å². The Morgan fingerprint density at radius 1 is 1.27 bits per heavy atom. The Bertz CT molecular complexity index is 188. The molecule has 0 aromatic rings. The van der Waals surface area contributed by atoms with Gasteiger partial charge in [0, 0.05) is 12.8 Å². The van der Waals surface area contributed by atoms with Gasteiger partial charge in [-0.05, 0) is 5.41 Å². The second-order valence-electron chi connectivity index (χ2n) is 3.93. The van der Waals surface area contributed by atoms with Crippen LogP contribution in [0.15, 0.2) is 0 Å². The molecule has 0 unspecified atom stereocenters. The molecule has 1 fully saturated rings. The number of nitrogens with two attached hydrogens (primary N) is 1. The van der Waals surface area contributed by atoms with Crippen molar-refractivity contribution in [2.75, 3.05) is 0 Å². The van der Waals surface area contributed by atoms with Crippen molar-refractivity contribution in [1.29, 1.82) is 0 Å². The van der Waals surface area contributed by atoms with Crippen LogP contribution in [-0.4, -0.2) is 17.6 Å². The van der Waals surface area contributed by atoms with Crippen LogP contribution in [0.2, 0.25) is 0 Å². The maximum atomic E-state index is 11.1. The molecule has 0 aromatic heterocycles. The van der Waals surface area contributed by atoms with Crippen molar-refractivity contribution in [3.63, 3.8) is 0 Å². The van der Waals surface area contributed by atoms with Gasteiger partial charge in [-0.25, -0.2) is 0 Å². The highest BCUT2D eigenvalue weighted by Gasteiger charge is 2.37. The van der Waals surface area contributed by atoms with Gasteiger partial charge >= 0.3 is 0 Å². The van der Waals surface area contributed by atoms with Crippen LogP contribution in [0, 0.1) is 5.41 Å². The summed E-state index contributed by atoms with van der Waals surface area (Å²) < 4.78 is 0. The Kier molecular flexibility index (Phi) is 1.84. The number of Topliss-reactive ketones (excluding diaryl/α,β-unsaturated/α-hetero) is 2. The molecule has 0 bridgehead atoms. The molecule has 2 N–H and O–H groups in total. The largest absolute Gasteiger partial charge is 0.315 e. The quantitative estimate of drug-likeness (QED) is 0.511. The molecule has 0 aromatic carbocycles. The van der Waals surface area contributed by atoms with E-state index in [-0.39, 0.29) is 17.0 Å². The first-order valence-corrected chi connectivity index (χ1v) is 3.73. The summed E-state index contributed by atoms with van der Waals surface area (Å²) in [5, 5.41) is 0. The monoisotopic (exact) mass is 155 g/mol. The lowest BCUT2D eigenvalue weighted by Gasteiger charge is -2.30. The summed E-state index contributed by atoms with van der Waals surface area (Å²) in [7, 11) is 0. The fraction of sp³-hybridized carbons (Fsp3) is 0.750. The summed E-state index contributed by atoms with van der Waals surface area (Å²) in [5.41, 5.74) is 5.17. The van der Waals surface area contributed by atoms with E-state index in [0.29, 0.717) is 12.8 Å². The summed E-state index contributed by atoms with van der Waals surface area (Å²) in [6, 6.07) is -0.844. The Balaban J connectivity index is 2.78. The topological polar surface area (TPSA) is 60.2 Å². The minimum absolute atomic E-state index is 0.119. The lowest BCUT2D eigenvalue weighted by molar-refractivity contribution is -0.135. The normalized spacial score (nSPS) is 25.7. The van der Waals surface area contributed by atoms with E-state index in [9.17, 15) is 9.59 Å². The minimum atomic E-state index is -0.844. The lowest BCUT2D eigenvalue weighted by Crippen LogP contribution is -2.46. The smallest absolute Gasteiger partial charge is 0.157 e. The van der Waals surface area contributed by atoms with Crippen LogP contribution in [-0.2, 0) is 9.59 Å². The fourth-order valence-electron chi connectivity index (χ4n) is 1.41. The van der Waals surface area contributed by atoms with Crippen LogP contribution in [0.25, 0.3) is 0 Å². The molecular weight excluding hydrogens is 142 g/mol. The van der Waals surface area contributed by atoms with Crippen LogP contribution >= 0.6 is 0 Å². The zero-order valence-electron chi connectivity index (χ0n) is 6.89. The summed E-state index contributed by atoms with van der Waals surface area (Å²) in [5.74, 6) is -0.238. The van der Waals surface area contributed by atoms with Gasteiger partial charge in [-0.2, -0.15) is 0 Å². The van der Waals surface area contributed by atoms with Gasteiger partial charge in [0.2, 0.25) is 0 Å². The molecule has 3 nitrogen and oxygen atoms in total. The number of ketones is 2. The average Bonchev–Trinajstić information content (AvgIpc) is 1.81. The van der Waals surface area contributed by atoms with Crippen LogP contribution < -0.4 is 5.73 Å². The molecular formula is C8H13NO2. The van der Waals surface area contributed by atoms with E-state index in [1.807, 2.05) is 13.8 Å². The molecule has 1 saturated carbocycles. The van der Waals surface area contributed by atoms with Crippen molar-refractivity contribution in [1.82, 2.24) is 0 Å². The number of rotatable bonds is 0. The van der Waals surface area contributed by atoms with Gasteiger partial charge in [0.05, 0.1) is 0 Å². The van der Waals surface area contributed by atoms with Crippen LogP contribution in [0.3, 0.4) is 0 Å². The van der Waals surface area contributed by atoms with E-state index in [1.54, 1.807) is 0 Å². The summed E-state index contributed by atoms with van der Waals surface area (Å²) in [6.45, 7) is 3.82. The second kappa shape index (κ2) is 2.41. The van der Waals surface area contributed by atoms with E-state index >= 15 is 0 Å². The molecule has 0 heterocycles. The van der Waals surface area contributed by atoms with Crippen molar-refractivity contribution in [3.8, 4) is 0 Å². The molecule has 3 heteroatoms. The maximum absolute atomic E-state index is 11.1. The van der Waals surface area contributed by atoms with E-state index in [4.69, 9.17) is 5.73 Å². The van der Waals surface area contributed by atoms with Gasteiger partial charge in [-0.15, -0.1) is 0 Å². The highest BCUT2D eigenvalue weighted by atomic mass is 16.2. The molecule has 0 aliphatic heterocycles. The van der Waals surface area contributed by atoms with Gasteiger partial charge in [0.1, 0.15) is 6.04 Å². The van der Waals surface area contributed by atoms with Gasteiger partial charge in [-0.1, -0.05) is 13.8 Å². The third-order valence-electron chi connectivity index (χ3n) is 2.00. The summed E-state index contributed by atoms with van der Waals surface area (Å²) >= 11 is 0. The molecule has 1 aliphatic rings. The summed E-state index contributed by atoms with van der Waals surface area (Å²) in [6.07, 6.45) is 0.861. The molecule has 1 rings (SSSR count). The van der Waals surface area contributed by atoms with Gasteiger partial charge in [-0.3, -0.25) is 9.59 Å². The highest BCUT2D eigenvalue weighted by Crippen LogP contribution is 2.30. The van der Waals surface area contributed by atoms with E-state index in [2.05, 4.69) is 0 Å². The lowest BCUT2D eigenvalue weighted by atomic mass is 9.74. The van der Waals surface area contributed by atoms with Crippen LogP contribution in [0.5, 0.6) is 0 Å². The zero-order chi connectivity index (χ0) is 8.65. The molecule has 0 amide bonds.